The third-order valence-corrected chi connectivity index (χ3v) is 27.1. The number of hydrogen-bond acceptors (Lipinski definition) is 12. The van der Waals surface area contributed by atoms with Gasteiger partial charge in [-0.2, -0.15) is 0 Å². The Morgan fingerprint density at radius 3 is 0.636 bits per heavy atom. The minimum Gasteiger partial charge on any atom is -0.456 e. The summed E-state index contributed by atoms with van der Waals surface area (Å²) in [4.78, 5) is 18.4. The predicted molar refractivity (Wildman–Crippen MR) is 578 cm³/mol. The van der Waals surface area contributed by atoms with Crippen molar-refractivity contribution in [2.75, 3.05) is 19.6 Å². The van der Waals surface area contributed by atoms with Crippen LogP contribution >= 0.6 is 0 Å². The van der Waals surface area contributed by atoms with Crippen LogP contribution in [0.25, 0.3) is 197 Å². The van der Waals surface area contributed by atoms with Crippen molar-refractivity contribution in [3.63, 3.8) is 0 Å². The lowest BCUT2D eigenvalue weighted by Crippen LogP contribution is -2.09. The fraction of sp³-hybridized carbons (Fsp3) is 0. The minimum atomic E-state index is 0.823. The smallest absolute Gasteiger partial charge is 0.137 e. The van der Waals surface area contributed by atoms with E-state index in [1.54, 1.807) is 0 Å². The van der Waals surface area contributed by atoms with Gasteiger partial charge in [-0.15, -0.1) is 0 Å². The first-order chi connectivity index (χ1) is 69.3. The largest absolute Gasteiger partial charge is 0.456 e. The van der Waals surface area contributed by atoms with Crippen LogP contribution in [0.3, 0.4) is 0 Å². The number of fused-ring (bicyclic) bond motifs is 23. The summed E-state index contributed by atoms with van der Waals surface area (Å²) < 4.78 is 38.9. The third-order valence-electron chi connectivity index (χ3n) is 27.1. The molecule has 29 aromatic rings. The van der Waals surface area contributed by atoms with E-state index in [0.717, 1.165) is 243 Å². The summed E-state index contributed by atoms with van der Waals surface area (Å²) in [6, 6.07) is 165. The molecule has 0 unspecified atom stereocenters. The molecule has 12 heteroatoms. The van der Waals surface area contributed by atoms with Crippen LogP contribution in [-0.2, 0) is 0 Å². The van der Waals surface area contributed by atoms with Gasteiger partial charge in [0.25, 0.3) is 0 Å². The molecule has 0 radical (unpaired) electrons. The second kappa shape index (κ2) is 33.5. The summed E-state index contributed by atoms with van der Waals surface area (Å²) >= 11 is 0. The van der Waals surface area contributed by atoms with Crippen LogP contribution in [0.4, 0.5) is 68.2 Å². The number of anilines is 12. The molecule has 8 aromatic heterocycles. The van der Waals surface area contributed by atoms with Gasteiger partial charge in [0.05, 0.1) is 11.0 Å². The van der Waals surface area contributed by atoms with E-state index in [4.69, 9.17) is 26.5 Å². The van der Waals surface area contributed by atoms with Crippen LogP contribution in [0.15, 0.2) is 512 Å². The topological polar surface area (TPSA) is 118 Å². The number of furan rings is 6. The average Bonchev–Trinajstić information content (AvgIpc) is 1.47. The summed E-state index contributed by atoms with van der Waals surface area (Å²) in [5.74, 6) is 0. The number of pyridine rings is 2. The fourth-order valence-electron chi connectivity index (χ4n) is 20.6. The summed E-state index contributed by atoms with van der Waals surface area (Å²) in [6.45, 7) is 0. The lowest BCUT2D eigenvalue weighted by atomic mass is 9.97. The number of rotatable bonds is 14. The van der Waals surface area contributed by atoms with E-state index in [1.807, 2.05) is 85.2 Å². The molecule has 0 saturated heterocycles. The molecular formula is C128H80N6O6. The maximum atomic E-state index is 6.71. The summed E-state index contributed by atoms with van der Waals surface area (Å²) in [7, 11) is 0. The second-order valence-corrected chi connectivity index (χ2v) is 35.4. The molecule has 0 atom stereocenters. The molecule has 0 bridgehead atoms. The van der Waals surface area contributed by atoms with Crippen LogP contribution in [0.2, 0.25) is 0 Å². The highest BCUT2D eigenvalue weighted by Gasteiger charge is 2.25. The quantitative estimate of drug-likeness (QED) is 0.0965. The van der Waals surface area contributed by atoms with E-state index in [2.05, 4.69) is 430 Å². The maximum absolute atomic E-state index is 6.71. The van der Waals surface area contributed by atoms with Crippen molar-refractivity contribution in [3.05, 3.63) is 486 Å². The van der Waals surface area contributed by atoms with Crippen LogP contribution in [0, 0.1) is 0 Å². The predicted octanol–water partition coefficient (Wildman–Crippen LogP) is 37.1. The highest BCUT2D eigenvalue weighted by atomic mass is 16.3. The zero-order valence-electron chi connectivity index (χ0n) is 75.3. The van der Waals surface area contributed by atoms with Crippen molar-refractivity contribution in [3.8, 4) is 22.3 Å². The van der Waals surface area contributed by atoms with Gasteiger partial charge in [-0.25, -0.2) is 0 Å². The van der Waals surface area contributed by atoms with Crippen LogP contribution in [0.5, 0.6) is 0 Å². The number of aromatic nitrogens is 2. The standard InChI is InChI=1S/C58H34N2O4.C46H30N2O2.C24H16N2/c1-3-11-37(12-4-1)59(39-21-25-53-49(31-39)43-15-7-9-17-51(43)61-53)41-19-23-45-47-27-35-30-56-48(28-36(35)29-55(47)63-57(45)33-41)46-24-20-42(34-58(46)64-56)60(38-13-5-2-6-14-38)40-22-26-54-50(32-40)44-16-8-10-18-52(44)62-54;1-5-13-33(14-6-1)47(34-15-7-2-8-16-34)37-21-23-39-41-25-31-28-44-42(26-32(31)27-43(41)49-45(39)29-37)40-24-22-38(30-46(40)50-44)48(35-17-9-3-10-18-35)36-19-11-4-12-20-36;1-3-7-17(8-4-1)19-13-15-25-23-21(19)11-12-22-20(14-16-26-24(22)23)18-9-5-2-6-10-18/h1-34H;1-30H;1-16H. The first kappa shape index (κ1) is 80.6. The van der Waals surface area contributed by atoms with Gasteiger partial charge in [-0.3, -0.25) is 9.97 Å². The molecule has 0 aliphatic carbocycles. The first-order valence-corrected chi connectivity index (χ1v) is 47.0. The Morgan fingerprint density at radius 2 is 0.343 bits per heavy atom. The second-order valence-electron chi connectivity index (χ2n) is 35.4. The molecule has 0 amide bonds. The highest BCUT2D eigenvalue weighted by molar-refractivity contribution is 6.20. The fourth-order valence-corrected chi connectivity index (χ4v) is 20.6. The number of hydrogen-bond donors (Lipinski definition) is 0. The van der Waals surface area contributed by atoms with Crippen molar-refractivity contribution >= 4 is 243 Å². The number of para-hydroxylation sites is 8. The highest BCUT2D eigenvalue weighted by Crippen LogP contribution is 2.49. The summed E-state index contributed by atoms with van der Waals surface area (Å²) in [6.07, 6.45) is 3.75. The third kappa shape index (κ3) is 14.2. The van der Waals surface area contributed by atoms with E-state index in [9.17, 15) is 0 Å². The average molecular weight is 1800 g/mol. The van der Waals surface area contributed by atoms with Gasteiger partial charge in [0.1, 0.15) is 67.0 Å². The van der Waals surface area contributed by atoms with Crippen molar-refractivity contribution in [1.82, 2.24) is 9.97 Å². The lowest BCUT2D eigenvalue weighted by molar-refractivity contribution is 0.668. The molecule has 0 N–H and O–H groups in total. The van der Waals surface area contributed by atoms with Crippen LogP contribution < -0.4 is 19.6 Å². The van der Waals surface area contributed by atoms with Gasteiger partial charge in [0.2, 0.25) is 0 Å². The zero-order chi connectivity index (χ0) is 92.2. The van der Waals surface area contributed by atoms with E-state index in [-0.39, 0.29) is 0 Å². The lowest BCUT2D eigenvalue weighted by Gasteiger charge is -2.25. The van der Waals surface area contributed by atoms with E-state index in [0.29, 0.717) is 0 Å². The van der Waals surface area contributed by atoms with Crippen molar-refractivity contribution < 1.29 is 26.5 Å². The number of benzene rings is 21. The van der Waals surface area contributed by atoms with Crippen LogP contribution in [0.1, 0.15) is 0 Å². The molecule has 658 valence electrons. The molecule has 21 aromatic carbocycles. The van der Waals surface area contributed by atoms with Crippen molar-refractivity contribution in [2.24, 2.45) is 0 Å². The van der Waals surface area contributed by atoms with E-state index in [1.165, 1.54) is 22.3 Å². The molecule has 12 nitrogen and oxygen atoms in total. The van der Waals surface area contributed by atoms with E-state index >= 15 is 0 Å². The molecule has 0 spiro atoms. The Hall–Kier alpha value is -19.0. The van der Waals surface area contributed by atoms with Gasteiger partial charge in [-0.05, 0) is 274 Å². The van der Waals surface area contributed by atoms with Gasteiger partial charge in [0, 0.05) is 180 Å². The molecule has 29 rings (SSSR count). The van der Waals surface area contributed by atoms with Crippen molar-refractivity contribution in [2.45, 2.75) is 0 Å². The molecular weight excluding hydrogens is 1720 g/mol. The Kier molecular flexibility index (Phi) is 19.3. The molecule has 0 aliphatic heterocycles. The Balaban J connectivity index is 0.000000115. The molecule has 140 heavy (non-hydrogen) atoms. The Labute approximate surface area is 801 Å². The van der Waals surface area contributed by atoms with Gasteiger partial charge < -0.3 is 46.1 Å². The van der Waals surface area contributed by atoms with Gasteiger partial charge in [0.15, 0.2) is 0 Å². The summed E-state index contributed by atoms with van der Waals surface area (Å²) in [5.41, 5.74) is 29.5. The Morgan fingerprint density at radius 1 is 0.136 bits per heavy atom. The van der Waals surface area contributed by atoms with Gasteiger partial charge >= 0.3 is 0 Å². The summed E-state index contributed by atoms with van der Waals surface area (Å²) in [5, 5.41) is 19.6. The Bertz CT molecular complexity index is 9210. The molecule has 0 fully saturated rings. The zero-order valence-corrected chi connectivity index (χ0v) is 75.3. The minimum absolute atomic E-state index is 0.823. The normalized spacial score (nSPS) is 11.7. The van der Waals surface area contributed by atoms with Gasteiger partial charge in [-0.1, -0.05) is 218 Å². The van der Waals surface area contributed by atoms with Crippen molar-refractivity contribution in [1.29, 1.82) is 0 Å². The SMILES string of the molecule is c1ccc(-c2ccnc3c2ccc2c(-c4ccccc4)ccnc23)cc1.c1ccc(N(c2ccc3c(c2)oc2cc4cc5c(cc4cc23)oc2cc(N(c3ccccc3)c3ccc4oc6ccccc6c4c3)ccc25)c2ccc3oc4ccccc4c3c2)cc1.c1ccc(N(c2ccccc2)c2ccc3c(c2)oc2cc4cc5c(cc4cc23)oc2cc(N(c3ccccc3)c3ccccc3)ccc25)cc1. The number of nitrogens with zero attached hydrogens (tertiary/aromatic N) is 6. The molecule has 8 heterocycles. The molecule has 0 saturated carbocycles. The van der Waals surface area contributed by atoms with E-state index < -0.39 is 0 Å². The monoisotopic (exact) mass is 1800 g/mol. The van der Waals surface area contributed by atoms with Crippen LogP contribution in [-0.4, -0.2) is 9.97 Å². The maximum Gasteiger partial charge on any atom is 0.137 e. The molecule has 0 aliphatic rings. The first-order valence-electron chi connectivity index (χ1n) is 47.0.